The molecule has 0 amide bonds. The normalized spacial score (nSPS) is 17.9. The van der Waals surface area contributed by atoms with Gasteiger partial charge in [0.2, 0.25) is 0 Å². The smallest absolute Gasteiger partial charge is 0.108 e. The van der Waals surface area contributed by atoms with Gasteiger partial charge in [-0.15, -0.1) is 0 Å². The number of aromatic nitrogens is 2. The first-order valence-electron chi connectivity index (χ1n) is 5.93. The minimum absolute atomic E-state index is 0.279. The van der Waals surface area contributed by atoms with Crippen molar-refractivity contribution in [1.29, 1.82) is 0 Å². The summed E-state index contributed by atoms with van der Waals surface area (Å²) in [6.07, 6.45) is 3.46. The number of rotatable bonds is 3. The van der Waals surface area contributed by atoms with Crippen LogP contribution in [0, 0.1) is 12.8 Å². The minimum atomic E-state index is 0.279. The number of nitrogens with one attached hydrogen (secondary N) is 1. The van der Waals surface area contributed by atoms with Crippen LogP contribution in [0.3, 0.4) is 0 Å². The first kappa shape index (κ1) is 9.85. The number of hydrogen-bond donors (Lipinski definition) is 2. The van der Waals surface area contributed by atoms with E-state index in [0.29, 0.717) is 0 Å². The largest absolute Gasteiger partial charge is 0.342 e. The molecule has 1 aromatic carbocycles. The molecule has 1 aromatic heterocycles. The highest BCUT2D eigenvalue weighted by molar-refractivity contribution is 5.75. The van der Waals surface area contributed by atoms with Gasteiger partial charge in [-0.3, -0.25) is 0 Å². The Labute approximate surface area is 95.1 Å². The number of nitrogens with zero attached hydrogens (tertiary/aromatic N) is 1. The summed E-state index contributed by atoms with van der Waals surface area (Å²) in [6.45, 7) is 2.09. The Morgan fingerprint density at radius 3 is 3.06 bits per heavy atom. The molecule has 3 rings (SSSR count). The van der Waals surface area contributed by atoms with Gasteiger partial charge in [-0.1, -0.05) is 6.07 Å². The summed E-state index contributed by atoms with van der Waals surface area (Å²) in [7, 11) is 0. The van der Waals surface area contributed by atoms with E-state index in [0.717, 1.165) is 29.2 Å². The second-order valence-corrected chi connectivity index (χ2v) is 4.91. The Morgan fingerprint density at radius 1 is 1.50 bits per heavy atom. The van der Waals surface area contributed by atoms with Crippen molar-refractivity contribution in [2.24, 2.45) is 11.7 Å². The van der Waals surface area contributed by atoms with Crippen LogP contribution in [0.1, 0.15) is 24.2 Å². The van der Waals surface area contributed by atoms with Gasteiger partial charge in [0, 0.05) is 12.5 Å². The molecule has 0 radical (unpaired) electrons. The molecule has 16 heavy (non-hydrogen) atoms. The Morgan fingerprint density at radius 2 is 2.31 bits per heavy atom. The van der Waals surface area contributed by atoms with Gasteiger partial charge in [-0.25, -0.2) is 4.98 Å². The highest BCUT2D eigenvalue weighted by atomic mass is 14.9. The number of nitrogens with two attached hydrogens (primary N) is 1. The lowest BCUT2D eigenvalue weighted by Crippen LogP contribution is -2.25. The van der Waals surface area contributed by atoms with Gasteiger partial charge < -0.3 is 10.7 Å². The molecule has 0 spiro atoms. The fourth-order valence-corrected chi connectivity index (χ4v) is 2.19. The first-order chi connectivity index (χ1) is 7.72. The molecule has 1 aliphatic carbocycles. The molecule has 1 heterocycles. The van der Waals surface area contributed by atoms with E-state index >= 15 is 0 Å². The van der Waals surface area contributed by atoms with E-state index in [1.165, 1.54) is 18.4 Å². The second kappa shape index (κ2) is 3.59. The third-order valence-electron chi connectivity index (χ3n) is 3.34. The molecule has 2 aromatic rings. The molecule has 0 bridgehead atoms. The molecule has 1 unspecified atom stereocenters. The van der Waals surface area contributed by atoms with Gasteiger partial charge >= 0.3 is 0 Å². The van der Waals surface area contributed by atoms with Crippen molar-refractivity contribution < 1.29 is 0 Å². The van der Waals surface area contributed by atoms with Gasteiger partial charge in [0.15, 0.2) is 0 Å². The molecule has 0 aliphatic heterocycles. The zero-order chi connectivity index (χ0) is 11.1. The quantitative estimate of drug-likeness (QED) is 0.824. The maximum atomic E-state index is 6.10. The molecule has 1 atom stereocenters. The molecule has 1 aliphatic rings. The van der Waals surface area contributed by atoms with E-state index in [1.54, 1.807) is 0 Å². The number of H-pyrrole nitrogens is 1. The Bertz CT molecular complexity index is 511. The Balaban J connectivity index is 1.86. The van der Waals surface area contributed by atoms with Crippen LogP contribution in [0.2, 0.25) is 0 Å². The SMILES string of the molecule is Cc1ccc2nc(CC(N)C3CC3)[nH]c2c1. The van der Waals surface area contributed by atoms with E-state index in [1.807, 2.05) is 0 Å². The molecule has 3 heteroatoms. The van der Waals surface area contributed by atoms with Crippen LogP contribution in [-0.4, -0.2) is 16.0 Å². The second-order valence-electron chi connectivity index (χ2n) is 4.91. The summed E-state index contributed by atoms with van der Waals surface area (Å²) in [6, 6.07) is 6.57. The van der Waals surface area contributed by atoms with Crippen molar-refractivity contribution >= 4 is 11.0 Å². The Hall–Kier alpha value is -1.35. The van der Waals surface area contributed by atoms with Gasteiger partial charge in [0.05, 0.1) is 11.0 Å². The molecule has 84 valence electrons. The van der Waals surface area contributed by atoms with Gasteiger partial charge in [0.25, 0.3) is 0 Å². The Kier molecular flexibility index (Phi) is 2.21. The molecular weight excluding hydrogens is 198 g/mol. The third kappa shape index (κ3) is 1.83. The van der Waals surface area contributed by atoms with E-state index < -0.39 is 0 Å². The molecule has 1 saturated carbocycles. The lowest BCUT2D eigenvalue weighted by molar-refractivity contribution is 0.579. The summed E-state index contributed by atoms with van der Waals surface area (Å²) in [5, 5.41) is 0. The molecular formula is C13H17N3. The van der Waals surface area contributed by atoms with E-state index in [2.05, 4.69) is 35.1 Å². The maximum absolute atomic E-state index is 6.10. The first-order valence-corrected chi connectivity index (χ1v) is 5.93. The maximum Gasteiger partial charge on any atom is 0.108 e. The van der Waals surface area contributed by atoms with E-state index in [9.17, 15) is 0 Å². The lowest BCUT2D eigenvalue weighted by atomic mass is 10.1. The van der Waals surface area contributed by atoms with Gasteiger partial charge in [-0.05, 0) is 43.4 Å². The number of aromatic amines is 1. The molecule has 3 N–H and O–H groups in total. The van der Waals surface area contributed by atoms with Crippen LogP contribution in [-0.2, 0) is 6.42 Å². The fourth-order valence-electron chi connectivity index (χ4n) is 2.19. The van der Waals surface area contributed by atoms with Crippen LogP contribution in [0.15, 0.2) is 18.2 Å². The number of imidazole rings is 1. The van der Waals surface area contributed by atoms with Crippen molar-refractivity contribution in [1.82, 2.24) is 9.97 Å². The van der Waals surface area contributed by atoms with Crippen LogP contribution in [0.25, 0.3) is 11.0 Å². The average molecular weight is 215 g/mol. The lowest BCUT2D eigenvalue weighted by Gasteiger charge is -2.06. The summed E-state index contributed by atoms with van der Waals surface area (Å²) in [5.41, 5.74) is 9.53. The minimum Gasteiger partial charge on any atom is -0.342 e. The average Bonchev–Trinajstić information content (AvgIpc) is 3.00. The van der Waals surface area contributed by atoms with Crippen LogP contribution < -0.4 is 5.73 Å². The van der Waals surface area contributed by atoms with Crippen molar-refractivity contribution in [3.63, 3.8) is 0 Å². The number of benzene rings is 1. The zero-order valence-corrected chi connectivity index (χ0v) is 9.53. The number of hydrogen-bond acceptors (Lipinski definition) is 2. The topological polar surface area (TPSA) is 54.7 Å². The summed E-state index contributed by atoms with van der Waals surface area (Å²) >= 11 is 0. The van der Waals surface area contributed by atoms with Crippen molar-refractivity contribution in [3.05, 3.63) is 29.6 Å². The fraction of sp³-hybridized carbons (Fsp3) is 0.462. The van der Waals surface area contributed by atoms with Crippen LogP contribution >= 0.6 is 0 Å². The van der Waals surface area contributed by atoms with Crippen LogP contribution in [0.4, 0.5) is 0 Å². The van der Waals surface area contributed by atoms with Gasteiger partial charge in [0.1, 0.15) is 5.82 Å². The highest BCUT2D eigenvalue weighted by Gasteiger charge is 2.28. The standard InChI is InChI=1S/C13H17N3/c1-8-2-5-11-12(6-8)16-13(15-11)7-10(14)9-3-4-9/h2,5-6,9-10H,3-4,7,14H2,1H3,(H,15,16). The number of aryl methyl sites for hydroxylation is 1. The van der Waals surface area contributed by atoms with Crippen molar-refractivity contribution in [2.45, 2.75) is 32.2 Å². The molecule has 3 nitrogen and oxygen atoms in total. The zero-order valence-electron chi connectivity index (χ0n) is 9.53. The van der Waals surface area contributed by atoms with Crippen molar-refractivity contribution in [2.75, 3.05) is 0 Å². The molecule has 1 fully saturated rings. The predicted molar refractivity (Wildman–Crippen MR) is 65.2 cm³/mol. The van der Waals surface area contributed by atoms with E-state index in [4.69, 9.17) is 5.73 Å². The third-order valence-corrected chi connectivity index (χ3v) is 3.34. The van der Waals surface area contributed by atoms with Crippen molar-refractivity contribution in [3.8, 4) is 0 Å². The molecule has 0 saturated heterocycles. The van der Waals surface area contributed by atoms with E-state index in [-0.39, 0.29) is 6.04 Å². The highest BCUT2D eigenvalue weighted by Crippen LogP contribution is 2.32. The monoisotopic (exact) mass is 215 g/mol. The van der Waals surface area contributed by atoms with Crippen LogP contribution in [0.5, 0.6) is 0 Å². The summed E-state index contributed by atoms with van der Waals surface area (Å²) in [4.78, 5) is 7.93. The van der Waals surface area contributed by atoms with Gasteiger partial charge in [-0.2, -0.15) is 0 Å². The number of fused-ring (bicyclic) bond motifs is 1. The predicted octanol–water partition coefficient (Wildman–Crippen LogP) is 2.15. The summed E-state index contributed by atoms with van der Waals surface area (Å²) in [5.74, 6) is 1.76. The summed E-state index contributed by atoms with van der Waals surface area (Å²) < 4.78 is 0.